The van der Waals surface area contributed by atoms with Gasteiger partial charge in [0.25, 0.3) is 0 Å². The van der Waals surface area contributed by atoms with Gasteiger partial charge in [0.15, 0.2) is 0 Å². The lowest BCUT2D eigenvalue weighted by atomic mass is 9.85. The van der Waals surface area contributed by atoms with E-state index in [4.69, 9.17) is 0 Å². The van der Waals surface area contributed by atoms with Crippen molar-refractivity contribution in [3.63, 3.8) is 0 Å². The third kappa shape index (κ3) is 2.36. The number of hydrogen-bond acceptors (Lipinski definition) is 2. The number of phenols is 1. The number of fused-ring (bicyclic) bond motifs is 1. The van der Waals surface area contributed by atoms with E-state index in [9.17, 15) is 10.2 Å². The fourth-order valence-corrected chi connectivity index (χ4v) is 3.42. The second kappa shape index (κ2) is 4.99. The number of aliphatic hydroxyl groups excluding tert-OH is 1. The van der Waals surface area contributed by atoms with Crippen LogP contribution in [-0.2, 0) is 19.3 Å². The molecule has 1 aromatic carbocycles. The summed E-state index contributed by atoms with van der Waals surface area (Å²) < 4.78 is 0.841. The van der Waals surface area contributed by atoms with Gasteiger partial charge in [-0.15, -0.1) is 0 Å². The maximum absolute atomic E-state index is 10.2. The summed E-state index contributed by atoms with van der Waals surface area (Å²) in [6.45, 7) is 3.82. The number of aromatic hydroxyl groups is 1. The van der Waals surface area contributed by atoms with E-state index >= 15 is 0 Å². The minimum atomic E-state index is -0.423. The van der Waals surface area contributed by atoms with E-state index < -0.39 is 6.10 Å². The molecule has 0 radical (unpaired) electrons. The zero-order valence-corrected chi connectivity index (χ0v) is 12.0. The first-order valence-electron chi connectivity index (χ1n) is 6.22. The molecule has 1 aromatic rings. The molecular weight excluding hydrogens is 280 g/mol. The molecule has 0 bridgehead atoms. The summed E-state index contributed by atoms with van der Waals surface area (Å²) in [6, 6.07) is 0. The molecule has 3 heteroatoms. The fourth-order valence-electron chi connectivity index (χ4n) is 2.74. The average Bonchev–Trinajstić information content (AvgIpc) is 2.31. The summed E-state index contributed by atoms with van der Waals surface area (Å²) in [5, 5.41) is 19.7. The fraction of sp³-hybridized carbons (Fsp3) is 0.571. The third-order valence-electron chi connectivity index (χ3n) is 3.63. The lowest BCUT2D eigenvalue weighted by molar-refractivity contribution is 0.194. The molecule has 0 fully saturated rings. The summed E-state index contributed by atoms with van der Waals surface area (Å²) in [7, 11) is 0. The van der Waals surface area contributed by atoms with Gasteiger partial charge in [0.2, 0.25) is 0 Å². The van der Waals surface area contributed by atoms with Crippen LogP contribution in [-0.4, -0.2) is 16.3 Å². The molecule has 0 aliphatic heterocycles. The molecule has 94 valence electrons. The minimum Gasteiger partial charge on any atom is -0.506 e. The number of benzene rings is 1. The smallest absolute Gasteiger partial charge is 0.133 e. The van der Waals surface area contributed by atoms with Crippen LogP contribution in [0.1, 0.15) is 42.0 Å². The summed E-state index contributed by atoms with van der Waals surface area (Å²) in [6.07, 6.45) is 4.64. The van der Waals surface area contributed by atoms with E-state index in [0.717, 1.165) is 22.9 Å². The minimum absolute atomic E-state index is 0.323. The molecule has 0 heterocycles. The lowest BCUT2D eigenvalue weighted by Crippen LogP contribution is -2.12. The molecule has 0 amide bonds. The van der Waals surface area contributed by atoms with Crippen molar-refractivity contribution in [3.8, 4) is 5.75 Å². The van der Waals surface area contributed by atoms with Crippen LogP contribution in [0.5, 0.6) is 5.75 Å². The van der Waals surface area contributed by atoms with E-state index in [-0.39, 0.29) is 0 Å². The van der Waals surface area contributed by atoms with Crippen molar-refractivity contribution in [2.24, 2.45) is 0 Å². The van der Waals surface area contributed by atoms with Gasteiger partial charge in [0.1, 0.15) is 5.75 Å². The van der Waals surface area contributed by atoms with Crippen LogP contribution < -0.4 is 0 Å². The predicted molar refractivity (Wildman–Crippen MR) is 72.6 cm³/mol. The van der Waals surface area contributed by atoms with Gasteiger partial charge in [-0.3, -0.25) is 0 Å². The van der Waals surface area contributed by atoms with Crippen molar-refractivity contribution in [3.05, 3.63) is 26.7 Å². The van der Waals surface area contributed by atoms with Crippen molar-refractivity contribution in [2.75, 3.05) is 0 Å². The van der Waals surface area contributed by atoms with Gasteiger partial charge in [-0.25, -0.2) is 0 Å². The lowest BCUT2D eigenvalue weighted by Gasteiger charge is -2.24. The Balaban J connectivity index is 2.57. The Hall–Kier alpha value is -0.540. The molecule has 1 aliphatic carbocycles. The Kier molecular flexibility index (Phi) is 3.79. The summed E-state index contributed by atoms with van der Waals surface area (Å²) in [5.41, 5.74) is 4.70. The van der Waals surface area contributed by atoms with Crippen LogP contribution in [0.4, 0.5) is 0 Å². The molecule has 0 saturated carbocycles. The Morgan fingerprint density at radius 3 is 2.41 bits per heavy atom. The molecule has 1 unspecified atom stereocenters. The van der Waals surface area contributed by atoms with Gasteiger partial charge in [0, 0.05) is 12.0 Å². The van der Waals surface area contributed by atoms with Gasteiger partial charge >= 0.3 is 0 Å². The highest BCUT2D eigenvalue weighted by Crippen LogP contribution is 2.40. The van der Waals surface area contributed by atoms with Crippen molar-refractivity contribution in [2.45, 2.75) is 52.1 Å². The van der Waals surface area contributed by atoms with Crippen LogP contribution >= 0.6 is 15.9 Å². The van der Waals surface area contributed by atoms with Gasteiger partial charge in [-0.2, -0.15) is 0 Å². The van der Waals surface area contributed by atoms with Gasteiger partial charge in [-0.05, 0) is 72.2 Å². The second-order valence-electron chi connectivity index (χ2n) is 4.98. The van der Waals surface area contributed by atoms with Crippen molar-refractivity contribution in [1.29, 1.82) is 0 Å². The highest BCUT2D eigenvalue weighted by molar-refractivity contribution is 9.10. The van der Waals surface area contributed by atoms with E-state index in [0.29, 0.717) is 12.2 Å². The standard InChI is InChI=1S/C14H19BrO2/c1-8(16)7-12-9(2)10-5-3-4-6-11(10)13(15)14(12)17/h8,16-17H,3-7H2,1-2H3. The van der Waals surface area contributed by atoms with Crippen LogP contribution in [0.3, 0.4) is 0 Å². The van der Waals surface area contributed by atoms with Crippen molar-refractivity contribution in [1.82, 2.24) is 0 Å². The van der Waals surface area contributed by atoms with E-state index in [2.05, 4.69) is 22.9 Å². The Morgan fingerprint density at radius 1 is 1.24 bits per heavy atom. The third-order valence-corrected chi connectivity index (χ3v) is 4.49. The summed E-state index contributed by atoms with van der Waals surface area (Å²) in [4.78, 5) is 0. The summed E-state index contributed by atoms with van der Waals surface area (Å²) >= 11 is 3.51. The van der Waals surface area contributed by atoms with Gasteiger partial charge in [0.05, 0.1) is 10.6 Å². The van der Waals surface area contributed by atoms with Gasteiger partial charge in [-0.1, -0.05) is 0 Å². The van der Waals surface area contributed by atoms with Crippen LogP contribution in [0.25, 0.3) is 0 Å². The number of aliphatic hydroxyl groups is 1. The summed E-state index contributed by atoms with van der Waals surface area (Å²) in [5.74, 6) is 0.323. The zero-order valence-electron chi connectivity index (χ0n) is 10.4. The zero-order chi connectivity index (χ0) is 12.6. The monoisotopic (exact) mass is 298 g/mol. The molecule has 2 N–H and O–H groups in total. The highest BCUT2D eigenvalue weighted by Gasteiger charge is 2.22. The van der Waals surface area contributed by atoms with Crippen LogP contribution in [0, 0.1) is 6.92 Å². The first-order valence-corrected chi connectivity index (χ1v) is 7.01. The number of hydrogen-bond donors (Lipinski definition) is 2. The van der Waals surface area contributed by atoms with Gasteiger partial charge < -0.3 is 10.2 Å². The Labute approximate surface area is 111 Å². The number of halogens is 1. The molecule has 2 nitrogen and oxygen atoms in total. The van der Waals surface area contributed by atoms with Crippen molar-refractivity contribution >= 4 is 15.9 Å². The quantitative estimate of drug-likeness (QED) is 0.880. The topological polar surface area (TPSA) is 40.5 Å². The van der Waals surface area contributed by atoms with Crippen LogP contribution in [0.15, 0.2) is 4.47 Å². The van der Waals surface area contributed by atoms with E-state index in [1.165, 1.54) is 29.5 Å². The Bertz CT molecular complexity index is 439. The average molecular weight is 299 g/mol. The maximum Gasteiger partial charge on any atom is 0.133 e. The largest absolute Gasteiger partial charge is 0.506 e. The molecule has 0 spiro atoms. The first kappa shape index (κ1) is 12.9. The number of rotatable bonds is 2. The molecular formula is C14H19BrO2. The number of phenolic OH excluding ortho intramolecular Hbond substituents is 1. The normalized spacial score (nSPS) is 16.7. The maximum atomic E-state index is 10.2. The molecule has 1 aliphatic rings. The van der Waals surface area contributed by atoms with E-state index in [1.807, 2.05) is 0 Å². The first-order chi connectivity index (χ1) is 8.02. The molecule has 2 rings (SSSR count). The molecule has 17 heavy (non-hydrogen) atoms. The predicted octanol–water partition coefficient (Wildman–Crippen LogP) is 3.27. The second-order valence-corrected chi connectivity index (χ2v) is 5.78. The Morgan fingerprint density at radius 2 is 1.82 bits per heavy atom. The van der Waals surface area contributed by atoms with Crippen molar-refractivity contribution < 1.29 is 10.2 Å². The SMILES string of the molecule is Cc1c(CC(C)O)c(O)c(Br)c2c1CCCC2. The molecule has 0 aromatic heterocycles. The molecule has 0 saturated heterocycles. The van der Waals surface area contributed by atoms with Crippen LogP contribution in [0.2, 0.25) is 0 Å². The molecule has 1 atom stereocenters. The van der Waals surface area contributed by atoms with E-state index in [1.54, 1.807) is 6.92 Å². The highest BCUT2D eigenvalue weighted by atomic mass is 79.9.